The molecule has 3 aromatic heterocycles. The molecule has 9 nitrogen and oxygen atoms in total. The minimum absolute atomic E-state index is 0.162. The molecule has 29 heavy (non-hydrogen) atoms. The first-order chi connectivity index (χ1) is 13.9. The number of carbonyl (C=O) groups is 2. The van der Waals surface area contributed by atoms with Gasteiger partial charge in [-0.25, -0.2) is 9.67 Å². The first-order valence-corrected chi connectivity index (χ1v) is 9.89. The highest BCUT2D eigenvalue weighted by Crippen LogP contribution is 2.29. The van der Waals surface area contributed by atoms with E-state index in [2.05, 4.69) is 57.5 Å². The van der Waals surface area contributed by atoms with Crippen LogP contribution in [0.1, 0.15) is 26.4 Å². The molecule has 1 aromatic carbocycles. The predicted octanol–water partition coefficient (Wildman–Crippen LogP) is 3.33. The standard InChI is InChI=1S/C18H13Br2N7O2/c1-8-5-9-7-23-25-15(9)13(16(21)28)14(8)24-18(29)11-6-12(20)26-27(11)17-10(19)3-2-4-22-17/h2-7H,1H3,(H2,21,28)(H,23,25)(H,24,29). The summed E-state index contributed by atoms with van der Waals surface area (Å²) in [5.74, 6) is -0.718. The number of fused-ring (bicyclic) bond motifs is 1. The Hall–Kier alpha value is -3.05. The van der Waals surface area contributed by atoms with E-state index in [9.17, 15) is 9.59 Å². The lowest BCUT2D eigenvalue weighted by molar-refractivity contribution is 0.100. The van der Waals surface area contributed by atoms with E-state index >= 15 is 0 Å². The second-order valence-corrected chi connectivity index (χ2v) is 7.84. The lowest BCUT2D eigenvalue weighted by Gasteiger charge is -2.14. The fourth-order valence-corrected chi connectivity index (χ4v) is 3.82. The summed E-state index contributed by atoms with van der Waals surface area (Å²) >= 11 is 6.71. The van der Waals surface area contributed by atoms with Gasteiger partial charge in [0, 0.05) is 17.6 Å². The molecule has 0 radical (unpaired) electrons. The Labute approximate surface area is 180 Å². The lowest BCUT2D eigenvalue weighted by Crippen LogP contribution is -2.22. The average Bonchev–Trinajstić information content (AvgIpc) is 3.28. The summed E-state index contributed by atoms with van der Waals surface area (Å²) in [6.07, 6.45) is 3.18. The molecule has 3 heterocycles. The highest BCUT2D eigenvalue weighted by atomic mass is 79.9. The fraction of sp³-hybridized carbons (Fsp3) is 0.0556. The van der Waals surface area contributed by atoms with E-state index in [1.165, 1.54) is 4.68 Å². The summed E-state index contributed by atoms with van der Waals surface area (Å²) in [7, 11) is 0. The number of hydrogen-bond acceptors (Lipinski definition) is 5. The van der Waals surface area contributed by atoms with Crippen molar-refractivity contribution in [1.29, 1.82) is 0 Å². The topological polar surface area (TPSA) is 132 Å². The quantitative estimate of drug-likeness (QED) is 0.381. The van der Waals surface area contributed by atoms with Crippen molar-refractivity contribution in [2.24, 2.45) is 5.73 Å². The fourth-order valence-electron chi connectivity index (χ4n) is 3.03. The summed E-state index contributed by atoms with van der Waals surface area (Å²) in [6.45, 7) is 1.77. The number of H-pyrrole nitrogens is 1. The number of hydrogen-bond donors (Lipinski definition) is 3. The Morgan fingerprint density at radius 1 is 1.28 bits per heavy atom. The second-order valence-electron chi connectivity index (χ2n) is 6.17. The maximum atomic E-state index is 13.1. The van der Waals surface area contributed by atoms with E-state index in [0.29, 0.717) is 31.7 Å². The number of nitrogens with zero attached hydrogens (tertiary/aromatic N) is 4. The van der Waals surface area contributed by atoms with Crippen molar-refractivity contribution >= 4 is 60.3 Å². The van der Waals surface area contributed by atoms with Crippen LogP contribution in [0.15, 0.2) is 45.7 Å². The molecule has 0 saturated carbocycles. The number of anilines is 1. The molecule has 4 rings (SSSR count). The summed E-state index contributed by atoms with van der Waals surface area (Å²) in [5.41, 5.74) is 7.41. The van der Waals surface area contributed by atoms with E-state index in [1.807, 2.05) is 6.07 Å². The van der Waals surface area contributed by atoms with Crippen molar-refractivity contribution in [2.45, 2.75) is 6.92 Å². The van der Waals surface area contributed by atoms with Gasteiger partial charge in [-0.1, -0.05) is 0 Å². The third-order valence-electron chi connectivity index (χ3n) is 4.27. The number of nitrogens with two attached hydrogens (primary N) is 1. The number of nitrogens with one attached hydrogen (secondary N) is 2. The van der Waals surface area contributed by atoms with Gasteiger partial charge in [0.1, 0.15) is 10.3 Å². The number of carbonyl (C=O) groups excluding carboxylic acids is 2. The second kappa shape index (κ2) is 7.41. The van der Waals surface area contributed by atoms with E-state index in [-0.39, 0.29) is 11.3 Å². The molecule has 146 valence electrons. The maximum absolute atomic E-state index is 13.1. The Kier molecular flexibility index (Phi) is 4.92. The SMILES string of the molecule is Cc1cc2cn[nH]c2c(C(N)=O)c1NC(=O)c1cc(Br)nn1-c1ncccc1Br. The average molecular weight is 519 g/mol. The van der Waals surface area contributed by atoms with Gasteiger partial charge in [0.25, 0.3) is 11.8 Å². The Bertz CT molecular complexity index is 1280. The third kappa shape index (κ3) is 3.42. The summed E-state index contributed by atoms with van der Waals surface area (Å²) in [4.78, 5) is 29.5. The first kappa shape index (κ1) is 19.3. The van der Waals surface area contributed by atoms with Gasteiger partial charge in [-0.05, 0) is 62.5 Å². The van der Waals surface area contributed by atoms with Crippen LogP contribution < -0.4 is 11.1 Å². The zero-order chi connectivity index (χ0) is 20.7. The van der Waals surface area contributed by atoms with Crippen molar-refractivity contribution in [3.63, 3.8) is 0 Å². The van der Waals surface area contributed by atoms with Crippen LogP contribution in [0.5, 0.6) is 0 Å². The molecular weight excluding hydrogens is 506 g/mol. The summed E-state index contributed by atoms with van der Waals surface area (Å²) in [6, 6.07) is 6.92. The molecular formula is C18H13Br2N7O2. The van der Waals surface area contributed by atoms with Crippen molar-refractivity contribution in [2.75, 3.05) is 5.32 Å². The van der Waals surface area contributed by atoms with Crippen molar-refractivity contribution < 1.29 is 9.59 Å². The zero-order valence-corrected chi connectivity index (χ0v) is 18.1. The molecule has 4 N–H and O–H groups in total. The molecule has 2 amide bonds. The van der Waals surface area contributed by atoms with Gasteiger partial charge in [-0.2, -0.15) is 10.2 Å². The molecule has 4 aromatic rings. The van der Waals surface area contributed by atoms with Crippen LogP contribution in [0.3, 0.4) is 0 Å². The zero-order valence-electron chi connectivity index (χ0n) is 14.9. The molecule has 0 atom stereocenters. The molecule has 11 heteroatoms. The summed E-state index contributed by atoms with van der Waals surface area (Å²) < 4.78 is 2.52. The Morgan fingerprint density at radius 3 is 2.79 bits per heavy atom. The molecule has 0 aliphatic rings. The highest BCUT2D eigenvalue weighted by molar-refractivity contribution is 9.10. The number of amides is 2. The first-order valence-electron chi connectivity index (χ1n) is 8.31. The molecule has 0 aliphatic carbocycles. The van der Waals surface area contributed by atoms with Gasteiger partial charge in [0.2, 0.25) is 0 Å². The number of aryl methyl sites for hydroxylation is 1. The lowest BCUT2D eigenvalue weighted by atomic mass is 10.0. The van der Waals surface area contributed by atoms with Gasteiger partial charge < -0.3 is 11.1 Å². The number of aromatic amines is 1. The minimum Gasteiger partial charge on any atom is -0.365 e. The molecule has 0 saturated heterocycles. The largest absolute Gasteiger partial charge is 0.365 e. The number of halogens is 2. The van der Waals surface area contributed by atoms with Gasteiger partial charge in [0.15, 0.2) is 5.82 Å². The molecule has 0 unspecified atom stereocenters. The highest BCUT2D eigenvalue weighted by Gasteiger charge is 2.23. The minimum atomic E-state index is -0.680. The van der Waals surface area contributed by atoms with E-state index in [1.54, 1.807) is 37.5 Å². The van der Waals surface area contributed by atoms with Gasteiger partial charge in [-0.15, -0.1) is 0 Å². The molecule has 0 bridgehead atoms. The monoisotopic (exact) mass is 517 g/mol. The van der Waals surface area contributed by atoms with Crippen molar-refractivity contribution in [1.82, 2.24) is 25.0 Å². The number of aromatic nitrogens is 5. The molecule has 0 aliphatic heterocycles. The van der Waals surface area contributed by atoms with Crippen LogP contribution in [0.2, 0.25) is 0 Å². The number of primary amides is 1. The Morgan fingerprint density at radius 2 is 2.07 bits per heavy atom. The number of rotatable bonds is 4. The molecule has 0 spiro atoms. The number of pyridine rings is 1. The number of benzene rings is 1. The van der Waals surface area contributed by atoms with Crippen LogP contribution in [0, 0.1) is 6.92 Å². The Balaban J connectivity index is 1.81. The van der Waals surface area contributed by atoms with Gasteiger partial charge >= 0.3 is 0 Å². The van der Waals surface area contributed by atoms with E-state index < -0.39 is 11.8 Å². The van der Waals surface area contributed by atoms with Gasteiger partial charge in [0.05, 0.1) is 27.4 Å². The smallest absolute Gasteiger partial charge is 0.274 e. The van der Waals surface area contributed by atoms with Crippen LogP contribution in [0.4, 0.5) is 5.69 Å². The van der Waals surface area contributed by atoms with E-state index in [4.69, 9.17) is 5.73 Å². The predicted molar refractivity (Wildman–Crippen MR) is 114 cm³/mol. The maximum Gasteiger partial charge on any atom is 0.274 e. The third-order valence-corrected chi connectivity index (χ3v) is 5.28. The van der Waals surface area contributed by atoms with E-state index in [0.717, 1.165) is 5.39 Å². The summed E-state index contributed by atoms with van der Waals surface area (Å²) in [5, 5.41) is 14.5. The van der Waals surface area contributed by atoms with Crippen LogP contribution in [-0.4, -0.2) is 36.8 Å². The van der Waals surface area contributed by atoms with Crippen LogP contribution in [-0.2, 0) is 0 Å². The molecule has 0 fully saturated rings. The van der Waals surface area contributed by atoms with Crippen LogP contribution >= 0.6 is 31.9 Å². The van der Waals surface area contributed by atoms with Crippen LogP contribution in [0.25, 0.3) is 16.7 Å². The van der Waals surface area contributed by atoms with Crippen molar-refractivity contribution in [3.8, 4) is 5.82 Å². The van der Waals surface area contributed by atoms with Crippen molar-refractivity contribution in [3.05, 3.63) is 62.6 Å². The normalized spacial score (nSPS) is 11.0. The van der Waals surface area contributed by atoms with Gasteiger partial charge in [-0.3, -0.25) is 14.7 Å².